The number of unbranched alkanes of at least 4 members (excludes halogenated alkanes) is 1. The Morgan fingerprint density at radius 1 is 1.17 bits per heavy atom. The fourth-order valence-corrected chi connectivity index (χ4v) is 7.56. The van der Waals surface area contributed by atoms with Crippen molar-refractivity contribution in [2.24, 2.45) is 4.99 Å². The van der Waals surface area contributed by atoms with Crippen LogP contribution in [0.1, 0.15) is 44.6 Å². The number of hydrogen-bond acceptors (Lipinski definition) is 5. The van der Waals surface area contributed by atoms with Crippen molar-refractivity contribution in [1.29, 1.82) is 0 Å². The number of aliphatic imine (C=N–C) groups is 1. The number of anilines is 1. The fraction of sp³-hybridized carbons (Fsp3) is 0.550. The molecule has 1 amide bonds. The summed E-state index contributed by atoms with van der Waals surface area (Å²) in [7, 11) is -3.11. The maximum atomic E-state index is 12.2. The minimum Gasteiger partial charge on any atom is -0.481 e. The molecule has 1 N–H and O–H groups in total. The Labute approximate surface area is 175 Å². The second-order valence-corrected chi connectivity index (χ2v) is 10.8. The van der Waals surface area contributed by atoms with Crippen LogP contribution in [-0.2, 0) is 25.8 Å². The molecule has 9 heteroatoms. The van der Waals surface area contributed by atoms with Crippen molar-refractivity contribution in [2.75, 3.05) is 16.4 Å². The van der Waals surface area contributed by atoms with E-state index in [9.17, 15) is 18.0 Å². The summed E-state index contributed by atoms with van der Waals surface area (Å²) in [6.07, 6.45) is 3.45. The molecule has 3 rings (SSSR count). The van der Waals surface area contributed by atoms with E-state index in [1.54, 1.807) is 0 Å². The Morgan fingerprint density at radius 3 is 2.55 bits per heavy atom. The Bertz CT molecular complexity index is 896. The molecule has 7 nitrogen and oxygen atoms in total. The molecule has 2 fully saturated rings. The Morgan fingerprint density at radius 2 is 1.90 bits per heavy atom. The van der Waals surface area contributed by atoms with Gasteiger partial charge in [-0.1, -0.05) is 37.2 Å². The highest BCUT2D eigenvalue weighted by molar-refractivity contribution is 8.16. The molecule has 0 spiro atoms. The van der Waals surface area contributed by atoms with Crippen molar-refractivity contribution < 1.29 is 23.1 Å². The summed E-state index contributed by atoms with van der Waals surface area (Å²) in [4.78, 5) is 29.0. The molecule has 0 unspecified atom stereocenters. The molecule has 0 aliphatic carbocycles. The Balaban J connectivity index is 1.81. The number of aliphatic carboxylic acids is 1. The van der Waals surface area contributed by atoms with E-state index in [0.29, 0.717) is 5.17 Å². The SMILES string of the molecule is CCCCc1ccc(N2C(=NC(=O)CCCC(=O)O)S[C@H]3CS(=O)(=O)C[C@@H]32)cc1. The average Bonchev–Trinajstić information content (AvgIpc) is 3.11. The van der Waals surface area contributed by atoms with Crippen LogP contribution in [0.2, 0.25) is 0 Å². The minimum absolute atomic E-state index is 0.0501. The van der Waals surface area contributed by atoms with Gasteiger partial charge >= 0.3 is 5.97 Å². The summed E-state index contributed by atoms with van der Waals surface area (Å²) >= 11 is 1.33. The monoisotopic (exact) mass is 438 g/mol. The van der Waals surface area contributed by atoms with Gasteiger partial charge in [0.05, 0.1) is 17.5 Å². The lowest BCUT2D eigenvalue weighted by Crippen LogP contribution is -2.37. The largest absolute Gasteiger partial charge is 0.481 e. The van der Waals surface area contributed by atoms with Crippen molar-refractivity contribution in [2.45, 2.75) is 56.7 Å². The van der Waals surface area contributed by atoms with Gasteiger partial charge in [0.25, 0.3) is 0 Å². The summed E-state index contributed by atoms with van der Waals surface area (Å²) in [6, 6.07) is 7.77. The van der Waals surface area contributed by atoms with Gasteiger partial charge in [-0.3, -0.25) is 9.59 Å². The number of sulfone groups is 1. The van der Waals surface area contributed by atoms with E-state index in [1.807, 2.05) is 29.2 Å². The molecule has 1 aromatic carbocycles. The maximum absolute atomic E-state index is 12.2. The summed E-state index contributed by atoms with van der Waals surface area (Å²) < 4.78 is 24.3. The highest BCUT2D eigenvalue weighted by Crippen LogP contribution is 2.41. The molecule has 2 atom stereocenters. The molecular formula is C20H26N2O5S2. The number of amidine groups is 1. The molecule has 2 aliphatic rings. The summed E-state index contributed by atoms with van der Waals surface area (Å²) in [6.45, 7) is 2.15. The van der Waals surface area contributed by atoms with Gasteiger partial charge in [-0.15, -0.1) is 0 Å². The molecular weight excluding hydrogens is 412 g/mol. The molecule has 2 heterocycles. The highest BCUT2D eigenvalue weighted by Gasteiger charge is 2.49. The molecule has 0 aromatic heterocycles. The van der Waals surface area contributed by atoms with Crippen molar-refractivity contribution >= 4 is 44.3 Å². The van der Waals surface area contributed by atoms with E-state index in [0.717, 1.165) is 24.9 Å². The zero-order chi connectivity index (χ0) is 21.0. The number of carbonyl (C=O) groups is 2. The molecule has 0 bridgehead atoms. The van der Waals surface area contributed by atoms with Crippen LogP contribution < -0.4 is 4.90 Å². The molecule has 0 radical (unpaired) electrons. The van der Waals surface area contributed by atoms with Crippen LogP contribution in [0, 0.1) is 0 Å². The minimum atomic E-state index is -3.11. The van der Waals surface area contributed by atoms with Crippen LogP contribution in [0.25, 0.3) is 0 Å². The molecule has 1 aromatic rings. The topological polar surface area (TPSA) is 104 Å². The predicted molar refractivity (Wildman–Crippen MR) is 115 cm³/mol. The lowest BCUT2D eigenvalue weighted by atomic mass is 10.1. The number of carboxylic acids is 1. The number of thioether (sulfide) groups is 1. The molecule has 2 saturated heterocycles. The van der Waals surface area contributed by atoms with Crippen molar-refractivity contribution in [3.63, 3.8) is 0 Å². The first kappa shape index (κ1) is 21.8. The zero-order valence-electron chi connectivity index (χ0n) is 16.4. The number of aryl methyl sites for hydroxylation is 1. The first-order chi connectivity index (χ1) is 13.8. The van der Waals surface area contributed by atoms with Gasteiger partial charge in [-0.25, -0.2) is 8.42 Å². The van der Waals surface area contributed by atoms with Crippen LogP contribution in [0.5, 0.6) is 0 Å². The van der Waals surface area contributed by atoms with Crippen LogP contribution in [-0.4, -0.2) is 53.4 Å². The highest BCUT2D eigenvalue weighted by atomic mass is 32.2. The second kappa shape index (κ2) is 9.30. The van der Waals surface area contributed by atoms with Crippen LogP contribution in [0.15, 0.2) is 29.3 Å². The van der Waals surface area contributed by atoms with Crippen molar-refractivity contribution in [1.82, 2.24) is 0 Å². The molecule has 0 saturated carbocycles. The molecule has 2 aliphatic heterocycles. The van der Waals surface area contributed by atoms with Gasteiger partial charge in [0.15, 0.2) is 15.0 Å². The van der Waals surface area contributed by atoms with Crippen LogP contribution >= 0.6 is 11.8 Å². The third-order valence-electron chi connectivity index (χ3n) is 5.10. The maximum Gasteiger partial charge on any atom is 0.303 e. The second-order valence-electron chi connectivity index (χ2n) is 7.48. The number of nitrogens with zero attached hydrogens (tertiary/aromatic N) is 2. The number of hydrogen-bond donors (Lipinski definition) is 1. The van der Waals surface area contributed by atoms with Gasteiger partial charge in [0.1, 0.15) is 0 Å². The van der Waals surface area contributed by atoms with E-state index < -0.39 is 15.8 Å². The average molecular weight is 439 g/mol. The normalized spacial score (nSPS) is 24.0. The van der Waals surface area contributed by atoms with Gasteiger partial charge in [0, 0.05) is 23.8 Å². The first-order valence-electron chi connectivity index (χ1n) is 9.87. The van der Waals surface area contributed by atoms with E-state index in [-0.39, 0.29) is 48.0 Å². The molecule has 29 heavy (non-hydrogen) atoms. The third kappa shape index (κ3) is 5.60. The van der Waals surface area contributed by atoms with E-state index in [1.165, 1.54) is 17.3 Å². The van der Waals surface area contributed by atoms with Crippen LogP contribution in [0.4, 0.5) is 5.69 Å². The van der Waals surface area contributed by atoms with E-state index >= 15 is 0 Å². The van der Waals surface area contributed by atoms with E-state index in [4.69, 9.17) is 5.11 Å². The smallest absolute Gasteiger partial charge is 0.303 e. The quantitative estimate of drug-likeness (QED) is 0.665. The zero-order valence-corrected chi connectivity index (χ0v) is 18.0. The Kier molecular flexibility index (Phi) is 7.00. The van der Waals surface area contributed by atoms with Gasteiger partial charge in [-0.2, -0.15) is 4.99 Å². The number of rotatable bonds is 8. The number of carboxylic acid groups (broad SMARTS) is 1. The standard InChI is InChI=1S/C20H26N2O5S2/c1-2-3-5-14-8-10-15(11-9-14)22-16-12-29(26,27)13-17(16)28-20(22)21-18(23)6-4-7-19(24)25/h8-11,16-17H,2-7,12-13H2,1H3,(H,24,25)/t16-,17-/m0/s1. The lowest BCUT2D eigenvalue weighted by Gasteiger charge is -2.24. The van der Waals surface area contributed by atoms with E-state index in [2.05, 4.69) is 11.9 Å². The first-order valence-corrected chi connectivity index (χ1v) is 12.6. The predicted octanol–water partition coefficient (Wildman–Crippen LogP) is 2.89. The number of benzene rings is 1. The summed E-state index contributed by atoms with van der Waals surface area (Å²) in [5.41, 5.74) is 2.06. The van der Waals surface area contributed by atoms with Crippen molar-refractivity contribution in [3.8, 4) is 0 Å². The van der Waals surface area contributed by atoms with Gasteiger partial charge in [-0.05, 0) is 37.0 Å². The fourth-order valence-electron chi connectivity index (χ4n) is 3.62. The summed E-state index contributed by atoms with van der Waals surface area (Å²) in [5, 5.41) is 9.08. The number of fused-ring (bicyclic) bond motifs is 1. The third-order valence-corrected chi connectivity index (χ3v) is 8.31. The van der Waals surface area contributed by atoms with Gasteiger partial charge < -0.3 is 10.0 Å². The number of carbonyl (C=O) groups excluding carboxylic acids is 1. The lowest BCUT2D eigenvalue weighted by molar-refractivity contribution is -0.137. The Hall–Kier alpha value is -1.87. The van der Waals surface area contributed by atoms with Gasteiger partial charge in [0.2, 0.25) is 5.91 Å². The van der Waals surface area contributed by atoms with Crippen LogP contribution in [0.3, 0.4) is 0 Å². The molecule has 158 valence electrons. The number of amides is 1. The van der Waals surface area contributed by atoms with Crippen molar-refractivity contribution in [3.05, 3.63) is 29.8 Å². The summed E-state index contributed by atoms with van der Waals surface area (Å²) in [5.74, 6) is -1.18.